The summed E-state index contributed by atoms with van der Waals surface area (Å²) in [5.41, 5.74) is 0. The standard InChI is InChI=1S/C15H29BrO2S/c1-3-4-6-9-14(19)10-7-5-8-11-18-15(17)13(2)12-16/h13-14,19H,3-12H2,1-2H3. The second kappa shape index (κ2) is 13.3. The lowest BCUT2D eigenvalue weighted by molar-refractivity contribution is -0.147. The highest BCUT2D eigenvalue weighted by Gasteiger charge is 2.11. The fraction of sp³-hybridized carbons (Fsp3) is 0.933. The van der Waals surface area contributed by atoms with Gasteiger partial charge in [0.05, 0.1) is 12.5 Å². The molecule has 0 aliphatic carbocycles. The Hall–Kier alpha value is 0.300. The summed E-state index contributed by atoms with van der Waals surface area (Å²) >= 11 is 7.89. The van der Waals surface area contributed by atoms with Gasteiger partial charge in [-0.2, -0.15) is 12.6 Å². The van der Waals surface area contributed by atoms with E-state index in [0.717, 1.165) is 12.8 Å². The van der Waals surface area contributed by atoms with Gasteiger partial charge in [-0.05, 0) is 19.3 Å². The van der Waals surface area contributed by atoms with Gasteiger partial charge in [0.2, 0.25) is 0 Å². The number of hydrogen-bond donors (Lipinski definition) is 1. The summed E-state index contributed by atoms with van der Waals surface area (Å²) in [7, 11) is 0. The molecule has 114 valence electrons. The van der Waals surface area contributed by atoms with Crippen LogP contribution >= 0.6 is 28.6 Å². The van der Waals surface area contributed by atoms with Crippen LogP contribution in [0.5, 0.6) is 0 Å². The minimum absolute atomic E-state index is 0.0413. The van der Waals surface area contributed by atoms with Crippen LogP contribution in [-0.4, -0.2) is 23.2 Å². The van der Waals surface area contributed by atoms with Crippen molar-refractivity contribution in [1.29, 1.82) is 0 Å². The molecule has 0 aliphatic heterocycles. The molecule has 0 radical (unpaired) electrons. The number of unbranched alkanes of at least 4 members (excludes halogenated alkanes) is 4. The third-order valence-electron chi connectivity index (χ3n) is 3.20. The van der Waals surface area contributed by atoms with Gasteiger partial charge in [-0.1, -0.05) is 61.9 Å². The normalized spacial score (nSPS) is 14.1. The molecule has 0 spiro atoms. The molecule has 0 saturated carbocycles. The lowest BCUT2D eigenvalue weighted by atomic mass is 10.1. The van der Waals surface area contributed by atoms with E-state index in [4.69, 9.17) is 4.74 Å². The Morgan fingerprint density at radius 2 is 1.79 bits per heavy atom. The fourth-order valence-corrected chi connectivity index (χ4v) is 2.44. The zero-order valence-corrected chi connectivity index (χ0v) is 14.8. The van der Waals surface area contributed by atoms with Crippen molar-refractivity contribution in [3.05, 3.63) is 0 Å². The van der Waals surface area contributed by atoms with Gasteiger partial charge in [0.25, 0.3) is 0 Å². The van der Waals surface area contributed by atoms with Crippen molar-refractivity contribution in [1.82, 2.24) is 0 Å². The maximum atomic E-state index is 11.4. The number of carbonyl (C=O) groups excluding carboxylic acids is 1. The molecule has 2 atom stereocenters. The number of alkyl halides is 1. The predicted molar refractivity (Wildman–Crippen MR) is 89.3 cm³/mol. The van der Waals surface area contributed by atoms with Gasteiger partial charge in [0, 0.05) is 10.6 Å². The van der Waals surface area contributed by atoms with Crippen LogP contribution in [0, 0.1) is 5.92 Å². The van der Waals surface area contributed by atoms with Gasteiger partial charge < -0.3 is 4.74 Å². The first-order valence-corrected chi connectivity index (χ1v) is 9.16. The molecule has 0 rings (SSSR count). The van der Waals surface area contributed by atoms with Gasteiger partial charge in [-0.3, -0.25) is 4.79 Å². The third-order valence-corrected chi connectivity index (χ3v) is 4.69. The van der Waals surface area contributed by atoms with Crippen molar-refractivity contribution in [2.24, 2.45) is 5.92 Å². The average molecular weight is 353 g/mol. The first-order valence-electron chi connectivity index (χ1n) is 7.52. The minimum atomic E-state index is -0.0940. The molecule has 2 unspecified atom stereocenters. The van der Waals surface area contributed by atoms with E-state index < -0.39 is 0 Å². The van der Waals surface area contributed by atoms with Crippen molar-refractivity contribution < 1.29 is 9.53 Å². The fourth-order valence-electron chi connectivity index (χ4n) is 1.81. The number of ether oxygens (including phenoxy) is 1. The van der Waals surface area contributed by atoms with Gasteiger partial charge in [-0.25, -0.2) is 0 Å². The molecule has 0 aromatic heterocycles. The lowest BCUT2D eigenvalue weighted by Gasteiger charge is -2.11. The van der Waals surface area contributed by atoms with E-state index in [9.17, 15) is 4.79 Å². The molecule has 0 heterocycles. The molecule has 2 nitrogen and oxygen atoms in total. The van der Waals surface area contributed by atoms with Crippen LogP contribution in [0.4, 0.5) is 0 Å². The molecule has 0 N–H and O–H groups in total. The van der Waals surface area contributed by atoms with E-state index in [-0.39, 0.29) is 11.9 Å². The van der Waals surface area contributed by atoms with Crippen LogP contribution in [0.1, 0.15) is 65.2 Å². The number of rotatable bonds is 12. The smallest absolute Gasteiger partial charge is 0.309 e. The highest BCUT2D eigenvalue weighted by atomic mass is 79.9. The number of halogens is 1. The van der Waals surface area contributed by atoms with Crippen molar-refractivity contribution in [3.8, 4) is 0 Å². The van der Waals surface area contributed by atoms with Crippen molar-refractivity contribution in [2.45, 2.75) is 70.5 Å². The Balaban J connectivity index is 3.33. The highest BCUT2D eigenvalue weighted by molar-refractivity contribution is 9.09. The van der Waals surface area contributed by atoms with E-state index in [1.54, 1.807) is 0 Å². The zero-order chi connectivity index (χ0) is 14.5. The Morgan fingerprint density at radius 1 is 1.16 bits per heavy atom. The molecule has 0 saturated heterocycles. The van der Waals surface area contributed by atoms with Gasteiger partial charge in [0.1, 0.15) is 0 Å². The lowest BCUT2D eigenvalue weighted by Crippen LogP contribution is -2.16. The number of hydrogen-bond acceptors (Lipinski definition) is 3. The molecule has 0 aromatic rings. The summed E-state index contributed by atoms with van der Waals surface area (Å²) in [6.07, 6.45) is 9.58. The zero-order valence-electron chi connectivity index (χ0n) is 12.4. The predicted octanol–water partition coefficient (Wildman–Crippen LogP) is 5.00. The number of esters is 1. The van der Waals surface area contributed by atoms with Crippen LogP contribution in [0.3, 0.4) is 0 Å². The van der Waals surface area contributed by atoms with Gasteiger partial charge in [0.15, 0.2) is 0 Å². The van der Waals surface area contributed by atoms with Crippen LogP contribution in [0.15, 0.2) is 0 Å². The Bertz CT molecular complexity index is 224. The highest BCUT2D eigenvalue weighted by Crippen LogP contribution is 2.15. The van der Waals surface area contributed by atoms with E-state index in [2.05, 4.69) is 35.5 Å². The first-order chi connectivity index (χ1) is 9.11. The SMILES string of the molecule is CCCCCC(S)CCCCCOC(=O)C(C)CBr. The molecular weight excluding hydrogens is 324 g/mol. The molecule has 19 heavy (non-hydrogen) atoms. The van der Waals surface area contributed by atoms with E-state index in [1.807, 2.05) is 6.92 Å². The van der Waals surface area contributed by atoms with E-state index in [1.165, 1.54) is 38.5 Å². The minimum Gasteiger partial charge on any atom is -0.465 e. The Morgan fingerprint density at radius 3 is 2.37 bits per heavy atom. The molecule has 0 amide bonds. The summed E-state index contributed by atoms with van der Waals surface area (Å²) in [6, 6.07) is 0. The molecule has 0 aliphatic rings. The second-order valence-electron chi connectivity index (χ2n) is 5.22. The molecule has 4 heteroatoms. The number of carbonyl (C=O) groups is 1. The quantitative estimate of drug-likeness (QED) is 0.231. The number of thiol groups is 1. The summed E-state index contributed by atoms with van der Waals surface area (Å²) in [5.74, 6) is -0.135. The molecule has 0 fully saturated rings. The second-order valence-corrected chi connectivity index (χ2v) is 6.60. The summed E-state index contributed by atoms with van der Waals surface area (Å²) < 4.78 is 5.19. The first kappa shape index (κ1) is 19.3. The van der Waals surface area contributed by atoms with Crippen LogP contribution in [0.25, 0.3) is 0 Å². The maximum Gasteiger partial charge on any atom is 0.309 e. The monoisotopic (exact) mass is 352 g/mol. The molecular formula is C15H29BrO2S. The Kier molecular flexibility index (Phi) is 13.5. The summed E-state index contributed by atoms with van der Waals surface area (Å²) in [4.78, 5) is 11.4. The summed E-state index contributed by atoms with van der Waals surface area (Å²) in [6.45, 7) is 4.66. The van der Waals surface area contributed by atoms with Crippen molar-refractivity contribution in [3.63, 3.8) is 0 Å². The van der Waals surface area contributed by atoms with Crippen LogP contribution in [-0.2, 0) is 9.53 Å². The van der Waals surface area contributed by atoms with Crippen molar-refractivity contribution >= 4 is 34.5 Å². The van der Waals surface area contributed by atoms with Crippen molar-refractivity contribution in [2.75, 3.05) is 11.9 Å². The van der Waals surface area contributed by atoms with Crippen LogP contribution in [0.2, 0.25) is 0 Å². The third kappa shape index (κ3) is 11.8. The average Bonchev–Trinajstić information content (AvgIpc) is 2.41. The topological polar surface area (TPSA) is 26.3 Å². The maximum absolute atomic E-state index is 11.4. The van der Waals surface area contributed by atoms with E-state index >= 15 is 0 Å². The summed E-state index contributed by atoms with van der Waals surface area (Å²) in [5, 5.41) is 1.22. The van der Waals surface area contributed by atoms with Crippen LogP contribution < -0.4 is 0 Å². The largest absolute Gasteiger partial charge is 0.465 e. The van der Waals surface area contributed by atoms with Gasteiger partial charge in [-0.15, -0.1) is 0 Å². The molecule has 0 aromatic carbocycles. The Labute approximate surface area is 132 Å². The van der Waals surface area contributed by atoms with Gasteiger partial charge >= 0.3 is 5.97 Å². The molecule has 0 bridgehead atoms. The van der Waals surface area contributed by atoms with E-state index in [0.29, 0.717) is 17.2 Å².